The molecule has 0 fully saturated rings. The van der Waals surface area contributed by atoms with Crippen molar-refractivity contribution in [2.45, 2.75) is 71.1 Å². The lowest BCUT2D eigenvalue weighted by Gasteiger charge is -2.06. The molecule has 6 heteroatoms. The van der Waals surface area contributed by atoms with E-state index in [2.05, 4.69) is 6.92 Å². The Balaban J connectivity index is 1.62. The number of ether oxygens (including phenoxy) is 1. The minimum absolute atomic E-state index is 0.0240. The van der Waals surface area contributed by atoms with Crippen molar-refractivity contribution >= 4 is 17.8 Å². The molecule has 27 heavy (non-hydrogen) atoms. The van der Waals surface area contributed by atoms with Gasteiger partial charge in [0, 0.05) is 0 Å². The number of benzene rings is 1. The molecule has 0 spiro atoms. The van der Waals surface area contributed by atoms with Gasteiger partial charge in [0.2, 0.25) is 0 Å². The van der Waals surface area contributed by atoms with E-state index < -0.39 is 17.8 Å². The summed E-state index contributed by atoms with van der Waals surface area (Å²) < 4.78 is 5.24. The number of unbranched alkanes of at least 4 members (excludes halogenated alkanes) is 9. The van der Waals surface area contributed by atoms with Crippen molar-refractivity contribution in [3.63, 3.8) is 0 Å². The van der Waals surface area contributed by atoms with E-state index in [0.29, 0.717) is 6.61 Å². The first-order valence-corrected chi connectivity index (χ1v) is 9.95. The molecule has 1 aromatic rings. The molecule has 1 aromatic carbocycles. The summed E-state index contributed by atoms with van der Waals surface area (Å²) >= 11 is 0. The first kappa shape index (κ1) is 21.1. The number of carbonyl (C=O) groups excluding carboxylic acids is 3. The van der Waals surface area contributed by atoms with Crippen LogP contribution < -0.4 is 0 Å². The lowest BCUT2D eigenvalue weighted by Crippen LogP contribution is -2.25. The minimum Gasteiger partial charge on any atom is -0.462 e. The van der Waals surface area contributed by atoms with Crippen LogP contribution in [0.1, 0.15) is 102 Å². The van der Waals surface area contributed by atoms with E-state index in [9.17, 15) is 19.6 Å². The fraction of sp³-hybridized carbons (Fsp3) is 0.571. The molecule has 0 aliphatic carbocycles. The zero-order valence-corrected chi connectivity index (χ0v) is 16.0. The van der Waals surface area contributed by atoms with Gasteiger partial charge in [-0.1, -0.05) is 64.7 Å². The summed E-state index contributed by atoms with van der Waals surface area (Å²) in [5.74, 6) is -2.12. The number of hydrogen-bond donors (Lipinski definition) is 1. The summed E-state index contributed by atoms with van der Waals surface area (Å²) in [4.78, 5) is 35.4. The quantitative estimate of drug-likeness (QED) is 0.247. The molecule has 2 rings (SSSR count). The number of carbonyl (C=O) groups is 3. The van der Waals surface area contributed by atoms with Gasteiger partial charge in [-0.3, -0.25) is 14.8 Å². The summed E-state index contributed by atoms with van der Waals surface area (Å²) in [7, 11) is 0. The molecular weight excluding hydrogens is 346 g/mol. The molecule has 0 aromatic heterocycles. The van der Waals surface area contributed by atoms with Gasteiger partial charge >= 0.3 is 5.97 Å². The summed E-state index contributed by atoms with van der Waals surface area (Å²) in [6.45, 7) is 2.56. The number of nitrogens with zero attached hydrogens (tertiary/aromatic N) is 1. The third-order valence-corrected chi connectivity index (χ3v) is 4.83. The smallest absolute Gasteiger partial charge is 0.338 e. The lowest BCUT2D eigenvalue weighted by molar-refractivity contribution is -0.0327. The highest BCUT2D eigenvalue weighted by atomic mass is 16.5. The maximum absolute atomic E-state index is 12.1. The predicted molar refractivity (Wildman–Crippen MR) is 101 cm³/mol. The SMILES string of the molecule is CCCCCCCCCCCCOC(=O)c1ccc2c(c1)C(=O)N(O)C2=O. The van der Waals surface area contributed by atoms with E-state index >= 15 is 0 Å². The number of fused-ring (bicyclic) bond motifs is 1. The first-order chi connectivity index (χ1) is 13.1. The normalized spacial score (nSPS) is 13.2. The Hall–Kier alpha value is -2.21. The summed E-state index contributed by atoms with van der Waals surface area (Å²) in [6.07, 6.45) is 12.1. The molecule has 1 heterocycles. The van der Waals surface area contributed by atoms with E-state index in [1.165, 1.54) is 63.1 Å². The van der Waals surface area contributed by atoms with Crippen molar-refractivity contribution in [2.75, 3.05) is 6.61 Å². The van der Waals surface area contributed by atoms with Crippen molar-refractivity contribution in [3.05, 3.63) is 34.9 Å². The number of hydrogen-bond acceptors (Lipinski definition) is 5. The fourth-order valence-electron chi connectivity index (χ4n) is 3.19. The summed E-state index contributed by atoms with van der Waals surface area (Å²) in [6, 6.07) is 4.10. The molecule has 0 saturated heterocycles. The molecule has 0 saturated carbocycles. The zero-order valence-electron chi connectivity index (χ0n) is 16.0. The maximum atomic E-state index is 12.1. The minimum atomic E-state index is -0.820. The molecule has 0 bridgehead atoms. The fourth-order valence-corrected chi connectivity index (χ4v) is 3.19. The number of hydroxylamine groups is 2. The second kappa shape index (κ2) is 10.8. The Bertz CT molecular complexity index is 671. The Kier molecular flexibility index (Phi) is 8.45. The van der Waals surface area contributed by atoms with Crippen LogP contribution in [0, 0.1) is 0 Å². The molecule has 1 N–H and O–H groups in total. The van der Waals surface area contributed by atoms with Crippen LogP contribution in [0.15, 0.2) is 18.2 Å². The van der Waals surface area contributed by atoms with Gasteiger partial charge in [0.05, 0.1) is 23.3 Å². The Morgan fingerprint density at radius 3 is 2.07 bits per heavy atom. The Morgan fingerprint density at radius 2 is 1.44 bits per heavy atom. The molecule has 6 nitrogen and oxygen atoms in total. The van der Waals surface area contributed by atoms with Crippen molar-refractivity contribution in [2.24, 2.45) is 0 Å². The van der Waals surface area contributed by atoms with Gasteiger partial charge in [0.1, 0.15) is 0 Å². The largest absolute Gasteiger partial charge is 0.462 e. The average Bonchev–Trinajstić information content (AvgIpc) is 2.89. The van der Waals surface area contributed by atoms with Crippen LogP contribution in [0.25, 0.3) is 0 Å². The van der Waals surface area contributed by atoms with Crippen LogP contribution in [0.4, 0.5) is 0 Å². The standard InChI is InChI=1S/C21H29NO5/c1-2-3-4-5-6-7-8-9-10-11-14-27-21(25)16-12-13-17-18(15-16)20(24)22(26)19(17)23/h12-13,15,26H,2-11,14H2,1H3. The van der Waals surface area contributed by atoms with Gasteiger partial charge in [-0.2, -0.15) is 0 Å². The highest BCUT2D eigenvalue weighted by Crippen LogP contribution is 2.23. The monoisotopic (exact) mass is 375 g/mol. The van der Waals surface area contributed by atoms with Crippen molar-refractivity contribution in [3.8, 4) is 0 Å². The van der Waals surface area contributed by atoms with E-state index in [4.69, 9.17) is 4.74 Å². The second-order valence-electron chi connectivity index (χ2n) is 7.00. The molecular formula is C21H29NO5. The van der Waals surface area contributed by atoms with Gasteiger partial charge in [-0.25, -0.2) is 4.79 Å². The van der Waals surface area contributed by atoms with Crippen LogP contribution in [0.2, 0.25) is 0 Å². The van der Waals surface area contributed by atoms with E-state index in [1.807, 2.05) is 0 Å². The lowest BCUT2D eigenvalue weighted by atomic mass is 10.1. The third-order valence-electron chi connectivity index (χ3n) is 4.83. The predicted octanol–water partition coefficient (Wildman–Crippen LogP) is 4.75. The average molecular weight is 375 g/mol. The molecule has 2 amide bonds. The van der Waals surface area contributed by atoms with Crippen LogP contribution >= 0.6 is 0 Å². The maximum Gasteiger partial charge on any atom is 0.338 e. The molecule has 0 radical (unpaired) electrons. The van der Waals surface area contributed by atoms with Crippen molar-refractivity contribution < 1.29 is 24.3 Å². The van der Waals surface area contributed by atoms with E-state index in [-0.39, 0.29) is 21.8 Å². The van der Waals surface area contributed by atoms with Crippen molar-refractivity contribution in [1.82, 2.24) is 5.06 Å². The van der Waals surface area contributed by atoms with Gasteiger partial charge in [0.25, 0.3) is 11.8 Å². The molecule has 0 unspecified atom stereocenters. The van der Waals surface area contributed by atoms with Crippen LogP contribution in [-0.4, -0.2) is 34.7 Å². The highest BCUT2D eigenvalue weighted by molar-refractivity contribution is 6.20. The summed E-state index contributed by atoms with van der Waals surface area (Å²) in [5, 5.41) is 9.41. The van der Waals surface area contributed by atoms with E-state index in [1.54, 1.807) is 0 Å². The second-order valence-corrected chi connectivity index (χ2v) is 7.00. The van der Waals surface area contributed by atoms with Gasteiger partial charge < -0.3 is 4.74 Å². The van der Waals surface area contributed by atoms with Crippen LogP contribution in [0.3, 0.4) is 0 Å². The number of amides is 2. The molecule has 148 valence electrons. The number of esters is 1. The third kappa shape index (κ3) is 5.89. The van der Waals surface area contributed by atoms with Gasteiger partial charge in [-0.05, 0) is 24.6 Å². The van der Waals surface area contributed by atoms with Crippen LogP contribution in [0.5, 0.6) is 0 Å². The zero-order chi connectivity index (χ0) is 19.6. The van der Waals surface area contributed by atoms with E-state index in [0.717, 1.165) is 19.3 Å². The molecule has 0 atom stereocenters. The topological polar surface area (TPSA) is 83.9 Å². The Labute approximate surface area is 160 Å². The highest BCUT2D eigenvalue weighted by Gasteiger charge is 2.35. The van der Waals surface area contributed by atoms with Crippen LogP contribution in [-0.2, 0) is 4.74 Å². The molecule has 1 aliphatic heterocycles. The first-order valence-electron chi connectivity index (χ1n) is 9.95. The number of imide groups is 1. The Morgan fingerprint density at radius 1 is 0.889 bits per heavy atom. The van der Waals surface area contributed by atoms with Gasteiger partial charge in [0.15, 0.2) is 0 Å². The summed E-state index contributed by atoms with van der Waals surface area (Å²) in [5.41, 5.74) is 0.321. The van der Waals surface area contributed by atoms with Crippen molar-refractivity contribution in [1.29, 1.82) is 0 Å². The number of rotatable bonds is 12. The molecule has 1 aliphatic rings. The van der Waals surface area contributed by atoms with Gasteiger partial charge in [-0.15, -0.1) is 5.06 Å².